The molecule has 0 aromatic heterocycles. The van der Waals surface area contributed by atoms with Gasteiger partial charge in [0.2, 0.25) is 5.91 Å². The summed E-state index contributed by atoms with van der Waals surface area (Å²) in [5.74, 6) is -0.481. The predicted molar refractivity (Wildman–Crippen MR) is 64.4 cm³/mol. The third-order valence-electron chi connectivity index (χ3n) is 1.10. The minimum Gasteiger partial charge on any atom is -0.366 e. The number of nitrogens with zero attached hydrogens (tertiary/aromatic N) is 1. The van der Waals surface area contributed by atoms with E-state index >= 15 is 0 Å². The fraction of sp³-hybridized carbons (Fsp3) is 0.700. The molecule has 0 unspecified atom stereocenters. The molecule has 0 spiro atoms. The van der Waals surface area contributed by atoms with Crippen molar-refractivity contribution in [2.24, 2.45) is 5.73 Å². The quantitative estimate of drug-likeness (QED) is 0.441. The van der Waals surface area contributed by atoms with Crippen LogP contribution in [0.4, 0.5) is 0 Å². The molecule has 0 aromatic rings. The van der Waals surface area contributed by atoms with E-state index < -0.39 is 5.91 Å². The molecule has 0 atom stereocenters. The van der Waals surface area contributed by atoms with Crippen LogP contribution in [-0.2, 0) is 4.79 Å². The van der Waals surface area contributed by atoms with E-state index in [4.69, 9.17) is 0 Å². The van der Waals surface area contributed by atoms with Gasteiger partial charge in [-0.1, -0.05) is 13.5 Å². The lowest BCUT2D eigenvalue weighted by atomic mass is 10.4. The number of rotatable bonds is 3. The van der Waals surface area contributed by atoms with Crippen molar-refractivity contribution in [2.75, 3.05) is 34.1 Å². The van der Waals surface area contributed by atoms with Gasteiger partial charge in [-0.2, -0.15) is 0 Å². The average molecular weight is 224 g/mol. The Morgan fingerprint density at radius 2 is 1.71 bits per heavy atom. The lowest BCUT2D eigenvalue weighted by Crippen LogP contribution is -2.34. The van der Waals surface area contributed by atoms with Gasteiger partial charge in [0.25, 0.3) is 0 Å². The van der Waals surface area contributed by atoms with Crippen molar-refractivity contribution in [3.05, 3.63) is 12.7 Å². The largest absolute Gasteiger partial charge is 0.366 e. The Morgan fingerprint density at radius 3 is 1.71 bits per heavy atom. The molecule has 14 heavy (non-hydrogen) atoms. The fourth-order valence-electron chi connectivity index (χ4n) is 0.671. The number of nitrogens with two attached hydrogens (primary N) is 1. The van der Waals surface area contributed by atoms with Gasteiger partial charge in [-0.25, -0.2) is 0 Å². The van der Waals surface area contributed by atoms with Gasteiger partial charge in [0.05, 0.1) is 27.7 Å². The number of alkyl halides is 1. The van der Waals surface area contributed by atoms with Crippen LogP contribution in [0, 0.1) is 0 Å². The maximum absolute atomic E-state index is 9.47. The molecule has 0 fully saturated rings. The van der Waals surface area contributed by atoms with Gasteiger partial charge in [0, 0.05) is 6.38 Å². The molecular formula is C10H24ClN2O+. The van der Waals surface area contributed by atoms with Crippen molar-refractivity contribution in [1.82, 2.24) is 0 Å². The summed E-state index contributed by atoms with van der Waals surface area (Å²) in [4.78, 5) is 9.47. The Morgan fingerprint density at radius 1 is 1.43 bits per heavy atom. The van der Waals surface area contributed by atoms with Crippen LogP contribution in [0.5, 0.6) is 0 Å². The molecule has 0 heterocycles. The summed E-state index contributed by atoms with van der Waals surface area (Å²) >= 11 is 4.64. The second-order valence-electron chi connectivity index (χ2n) is 3.62. The van der Waals surface area contributed by atoms with Gasteiger partial charge < -0.3 is 10.2 Å². The van der Waals surface area contributed by atoms with E-state index in [0.717, 1.165) is 10.6 Å². The van der Waals surface area contributed by atoms with Gasteiger partial charge in [0.1, 0.15) is 0 Å². The summed E-state index contributed by atoms with van der Waals surface area (Å²) in [5.41, 5.74) is 4.53. The number of primary amides is 1. The van der Waals surface area contributed by atoms with E-state index in [-0.39, 0.29) is 0 Å². The Hall–Kier alpha value is -0.540. The van der Waals surface area contributed by atoms with Crippen LogP contribution < -0.4 is 5.73 Å². The molecular weight excluding hydrogens is 200 g/mol. The average Bonchev–Trinajstić information content (AvgIpc) is 2.07. The molecule has 0 aliphatic rings. The summed E-state index contributed by atoms with van der Waals surface area (Å²) in [6, 6.07) is 0. The molecule has 0 aromatic carbocycles. The van der Waals surface area contributed by atoms with Crippen LogP contribution in [0.1, 0.15) is 13.3 Å². The molecule has 0 aliphatic carbocycles. The van der Waals surface area contributed by atoms with Crippen LogP contribution >= 0.6 is 11.6 Å². The second kappa shape index (κ2) is 12.5. The highest BCUT2D eigenvalue weighted by Crippen LogP contribution is 1.90. The first kappa shape index (κ1) is 19.1. The van der Waals surface area contributed by atoms with E-state index in [9.17, 15) is 4.79 Å². The van der Waals surface area contributed by atoms with Crippen LogP contribution in [0.25, 0.3) is 0 Å². The Kier molecular flexibility index (Phi) is 17.0. The fourth-order valence-corrected chi connectivity index (χ4v) is 0.671. The van der Waals surface area contributed by atoms with E-state index in [1.54, 1.807) is 0 Å². The smallest absolute Gasteiger partial charge is 0.240 e. The minimum absolute atomic E-state index is 0.481. The number of hydrogen-bond acceptors (Lipinski definition) is 1. The summed E-state index contributed by atoms with van der Waals surface area (Å²) in [6.07, 6.45) is 3.81. The number of halogens is 1. The molecule has 3 nitrogen and oxygen atoms in total. The van der Waals surface area contributed by atoms with Crippen LogP contribution in [0.15, 0.2) is 12.7 Å². The van der Waals surface area contributed by atoms with E-state index in [0.29, 0.717) is 0 Å². The number of hydrogen-bond donors (Lipinski definition) is 1. The van der Waals surface area contributed by atoms with Crippen molar-refractivity contribution in [1.29, 1.82) is 0 Å². The summed E-state index contributed by atoms with van der Waals surface area (Å²) in [7, 11) is 6.64. The molecule has 0 saturated heterocycles. The minimum atomic E-state index is -0.481. The molecule has 4 heteroatoms. The van der Waals surface area contributed by atoms with Crippen molar-refractivity contribution >= 4 is 17.5 Å². The summed E-state index contributed by atoms with van der Waals surface area (Å²) < 4.78 is 1.09. The SMILES string of the molecule is C=CC(N)=O.CCC[N+](C)(C)C.CCl. The first-order valence-corrected chi connectivity index (χ1v) is 5.19. The molecule has 0 aliphatic heterocycles. The first-order valence-electron chi connectivity index (χ1n) is 4.43. The molecule has 0 saturated carbocycles. The molecule has 1 amide bonds. The van der Waals surface area contributed by atoms with Crippen molar-refractivity contribution < 1.29 is 9.28 Å². The lowest BCUT2D eigenvalue weighted by Gasteiger charge is -2.22. The predicted octanol–water partition coefficient (Wildman–Crippen LogP) is 1.62. The van der Waals surface area contributed by atoms with E-state index in [2.05, 4.69) is 52.0 Å². The third-order valence-corrected chi connectivity index (χ3v) is 1.10. The number of quaternary nitrogens is 1. The zero-order valence-electron chi connectivity index (χ0n) is 10.0. The summed E-state index contributed by atoms with van der Waals surface area (Å²) in [6.45, 7) is 6.58. The monoisotopic (exact) mass is 223 g/mol. The Balaban J connectivity index is -0.000000152. The zero-order valence-corrected chi connectivity index (χ0v) is 10.8. The lowest BCUT2D eigenvalue weighted by molar-refractivity contribution is -0.870. The molecule has 0 rings (SSSR count). The maximum atomic E-state index is 9.47. The van der Waals surface area contributed by atoms with Crippen LogP contribution in [0.2, 0.25) is 0 Å². The molecule has 0 bridgehead atoms. The highest BCUT2D eigenvalue weighted by Gasteiger charge is 2.01. The molecule has 0 radical (unpaired) electrons. The van der Waals surface area contributed by atoms with Gasteiger partial charge in [-0.05, 0) is 12.5 Å². The molecule has 86 valence electrons. The van der Waals surface area contributed by atoms with E-state index in [1.807, 2.05) is 0 Å². The Bertz CT molecular complexity index is 142. The number of amides is 1. The highest BCUT2D eigenvalue weighted by atomic mass is 35.5. The van der Waals surface area contributed by atoms with Crippen molar-refractivity contribution in [3.63, 3.8) is 0 Å². The number of carbonyl (C=O) groups is 1. The van der Waals surface area contributed by atoms with Crippen molar-refractivity contribution in [3.8, 4) is 0 Å². The van der Waals surface area contributed by atoms with Crippen LogP contribution in [0.3, 0.4) is 0 Å². The second-order valence-corrected chi connectivity index (χ2v) is 3.62. The normalized spacial score (nSPS) is 8.71. The first-order chi connectivity index (χ1) is 6.33. The maximum Gasteiger partial charge on any atom is 0.240 e. The summed E-state index contributed by atoms with van der Waals surface area (Å²) in [5, 5.41) is 0. The highest BCUT2D eigenvalue weighted by molar-refractivity contribution is 6.15. The Labute approximate surface area is 93.1 Å². The zero-order chi connectivity index (χ0) is 12.2. The molecule has 2 N–H and O–H groups in total. The van der Waals surface area contributed by atoms with Gasteiger partial charge in [-0.3, -0.25) is 4.79 Å². The van der Waals surface area contributed by atoms with Crippen LogP contribution in [-0.4, -0.2) is 44.5 Å². The van der Waals surface area contributed by atoms with Crippen molar-refractivity contribution in [2.45, 2.75) is 13.3 Å². The van der Waals surface area contributed by atoms with Gasteiger partial charge >= 0.3 is 0 Å². The van der Waals surface area contributed by atoms with Gasteiger partial charge in [-0.15, -0.1) is 11.6 Å². The topological polar surface area (TPSA) is 43.1 Å². The van der Waals surface area contributed by atoms with E-state index in [1.165, 1.54) is 19.3 Å². The van der Waals surface area contributed by atoms with Gasteiger partial charge in [0.15, 0.2) is 0 Å². The third kappa shape index (κ3) is 42.1. The number of carbonyl (C=O) groups excluding carboxylic acids is 1. The standard InChI is InChI=1S/C6H16N.C3H5NO.CH3Cl/c1-5-6-7(2,3)4;1-2-3(4)5;1-2/h5-6H2,1-4H3;2H,1H2,(H2,4,5);1H3/q+1;;.